The monoisotopic (exact) mass is 271 g/mol. The third kappa shape index (κ3) is 4.51. The van der Waals surface area contributed by atoms with Crippen LogP contribution in [-0.2, 0) is 9.36 Å². The van der Waals surface area contributed by atoms with Gasteiger partial charge in [0.25, 0.3) is 0 Å². The van der Waals surface area contributed by atoms with Crippen LogP contribution in [-0.4, -0.2) is 17.1 Å². The third-order valence-corrected chi connectivity index (χ3v) is 4.13. The summed E-state index contributed by atoms with van der Waals surface area (Å²) in [6.07, 6.45) is 2.46. The highest BCUT2D eigenvalue weighted by atomic mass is 31.2. The first kappa shape index (κ1) is 14.7. The van der Waals surface area contributed by atoms with Crippen LogP contribution < -0.4 is 9.84 Å². The number of benzene rings is 1. The Morgan fingerprint density at radius 2 is 2.11 bits per heavy atom. The van der Waals surface area contributed by atoms with Crippen LogP contribution in [0.1, 0.15) is 26.2 Å². The number of rotatable bonds is 8. The lowest BCUT2D eigenvalue weighted by Crippen LogP contribution is -2.29. The second-order valence-corrected chi connectivity index (χ2v) is 5.85. The van der Waals surface area contributed by atoms with Gasteiger partial charge in [0, 0.05) is 0 Å². The molecule has 0 radical (unpaired) electrons. The Bertz CT molecular complexity index is 410. The predicted molar refractivity (Wildman–Crippen MR) is 69.4 cm³/mol. The molecule has 0 saturated heterocycles. The maximum Gasteiger partial charge on any atom is 0.398 e. The molecule has 1 amide bonds. The van der Waals surface area contributed by atoms with Gasteiger partial charge >= 0.3 is 7.60 Å². The molecule has 0 aliphatic heterocycles. The topological polar surface area (TPSA) is 75.6 Å². The average molecular weight is 271 g/mol. The lowest BCUT2D eigenvalue weighted by atomic mass is 10.2. The molecule has 5 nitrogen and oxygen atoms in total. The number of unbranched alkanes of at least 4 members (excludes halogenated alkanes) is 1. The van der Waals surface area contributed by atoms with E-state index in [4.69, 9.17) is 4.52 Å². The summed E-state index contributed by atoms with van der Waals surface area (Å²) in [6.45, 7) is 1.97. The van der Waals surface area contributed by atoms with Gasteiger partial charge in [-0.2, -0.15) is 0 Å². The van der Waals surface area contributed by atoms with Gasteiger partial charge in [0.05, 0.1) is 0 Å². The quantitative estimate of drug-likeness (QED) is 0.562. The first-order valence-electron chi connectivity index (χ1n) is 5.87. The molecule has 1 rings (SSSR count). The third-order valence-electron chi connectivity index (χ3n) is 2.46. The van der Waals surface area contributed by atoms with Gasteiger partial charge in [0.1, 0.15) is 11.5 Å². The fourth-order valence-corrected chi connectivity index (χ4v) is 2.82. The fourth-order valence-electron chi connectivity index (χ4n) is 1.51. The molecule has 0 spiro atoms. The molecule has 0 bridgehead atoms. The minimum Gasteiger partial charge on any atom is -0.423 e. The van der Waals surface area contributed by atoms with Crippen LogP contribution in [0.5, 0.6) is 5.75 Å². The zero-order chi connectivity index (χ0) is 13.4. The molecule has 0 saturated carbocycles. The van der Waals surface area contributed by atoms with Crippen molar-refractivity contribution in [3.63, 3.8) is 0 Å². The van der Waals surface area contributed by atoms with Crippen molar-refractivity contribution in [3.05, 3.63) is 30.3 Å². The lowest BCUT2D eigenvalue weighted by Gasteiger charge is -2.22. The Kier molecular flexibility index (Phi) is 5.89. The Hall–Kier alpha value is -1.32. The summed E-state index contributed by atoms with van der Waals surface area (Å²) in [5, 5.41) is 2.36. The van der Waals surface area contributed by atoms with Crippen LogP contribution >= 0.6 is 7.60 Å². The summed E-state index contributed by atoms with van der Waals surface area (Å²) in [5.41, 5.74) is 0. The summed E-state index contributed by atoms with van der Waals surface area (Å²) in [4.78, 5) is 20.4. The highest BCUT2D eigenvalue weighted by Gasteiger charge is 2.33. The van der Waals surface area contributed by atoms with E-state index in [1.807, 2.05) is 6.92 Å². The zero-order valence-corrected chi connectivity index (χ0v) is 11.2. The van der Waals surface area contributed by atoms with Crippen molar-refractivity contribution < 1.29 is 18.8 Å². The van der Waals surface area contributed by atoms with Gasteiger partial charge in [-0.1, -0.05) is 38.0 Å². The maximum atomic E-state index is 12.1. The van der Waals surface area contributed by atoms with Gasteiger partial charge < -0.3 is 14.7 Å². The number of hydrogen-bond donors (Lipinski definition) is 2. The molecule has 18 heavy (non-hydrogen) atoms. The van der Waals surface area contributed by atoms with Gasteiger partial charge in [0.2, 0.25) is 6.41 Å². The number of carbonyl (C=O) groups excluding carboxylic acids is 1. The van der Waals surface area contributed by atoms with Crippen LogP contribution in [0, 0.1) is 0 Å². The van der Waals surface area contributed by atoms with Gasteiger partial charge in [-0.05, 0) is 18.6 Å². The molecular weight excluding hydrogens is 253 g/mol. The summed E-state index contributed by atoms with van der Waals surface area (Å²) >= 11 is 0. The molecular formula is C12H18NO4P. The van der Waals surface area contributed by atoms with Crippen LogP contribution in [0.25, 0.3) is 0 Å². The molecule has 2 N–H and O–H groups in total. The molecule has 0 aliphatic carbocycles. The number of hydrogen-bond acceptors (Lipinski definition) is 3. The Labute approximate surface area is 107 Å². The van der Waals surface area contributed by atoms with Crippen molar-refractivity contribution in [2.75, 3.05) is 0 Å². The Morgan fingerprint density at radius 3 is 2.67 bits per heavy atom. The molecule has 2 unspecified atom stereocenters. The zero-order valence-electron chi connectivity index (χ0n) is 10.3. The first-order chi connectivity index (χ1) is 8.60. The molecule has 0 fully saturated rings. The Balaban J connectivity index is 2.74. The minimum atomic E-state index is -3.91. The number of nitrogens with one attached hydrogen (secondary N) is 1. The van der Waals surface area contributed by atoms with Crippen molar-refractivity contribution in [3.8, 4) is 5.75 Å². The van der Waals surface area contributed by atoms with E-state index < -0.39 is 13.4 Å². The highest BCUT2D eigenvalue weighted by Crippen LogP contribution is 2.48. The standard InChI is InChI=1S/C12H18NO4P/c1-2-3-9-12(13-10-14)18(15,16)17-11-7-5-4-6-8-11/h4-8,10,12H,2-3,9H2,1H3,(H,13,14)(H,15,16). The number of para-hydroxylation sites is 1. The van der Waals surface area contributed by atoms with E-state index in [1.54, 1.807) is 30.3 Å². The summed E-state index contributed by atoms with van der Waals surface area (Å²) in [7, 11) is -3.91. The lowest BCUT2D eigenvalue weighted by molar-refractivity contribution is -0.109. The molecule has 6 heteroatoms. The van der Waals surface area contributed by atoms with E-state index >= 15 is 0 Å². The minimum absolute atomic E-state index is 0.317. The van der Waals surface area contributed by atoms with E-state index in [-0.39, 0.29) is 0 Å². The van der Waals surface area contributed by atoms with Gasteiger partial charge in [-0.15, -0.1) is 0 Å². The normalized spacial score (nSPS) is 15.4. The number of carbonyl (C=O) groups is 1. The SMILES string of the molecule is CCCCC(NC=O)P(=O)(O)Oc1ccccc1. The maximum absolute atomic E-state index is 12.1. The van der Waals surface area contributed by atoms with Crippen molar-refractivity contribution >= 4 is 14.0 Å². The summed E-state index contributed by atoms with van der Waals surface area (Å²) < 4.78 is 17.2. The largest absolute Gasteiger partial charge is 0.423 e. The average Bonchev–Trinajstić information content (AvgIpc) is 2.35. The molecule has 1 aromatic carbocycles. The fraction of sp³-hybridized carbons (Fsp3) is 0.417. The second-order valence-electron chi connectivity index (χ2n) is 3.91. The molecule has 2 atom stereocenters. The smallest absolute Gasteiger partial charge is 0.398 e. The van der Waals surface area contributed by atoms with Gasteiger partial charge in [-0.3, -0.25) is 4.79 Å². The summed E-state index contributed by atoms with van der Waals surface area (Å²) in [6, 6.07) is 8.40. The van der Waals surface area contributed by atoms with Crippen molar-refractivity contribution in [1.29, 1.82) is 0 Å². The van der Waals surface area contributed by atoms with E-state index in [0.717, 1.165) is 12.8 Å². The van der Waals surface area contributed by atoms with Crippen LogP contribution in [0.3, 0.4) is 0 Å². The van der Waals surface area contributed by atoms with Crippen molar-refractivity contribution in [1.82, 2.24) is 5.32 Å². The molecule has 1 aromatic rings. The van der Waals surface area contributed by atoms with Gasteiger partial charge in [-0.25, -0.2) is 4.57 Å². The van der Waals surface area contributed by atoms with E-state index in [9.17, 15) is 14.3 Å². The van der Waals surface area contributed by atoms with Crippen molar-refractivity contribution in [2.24, 2.45) is 0 Å². The molecule has 0 aromatic heterocycles. The first-order valence-corrected chi connectivity index (χ1v) is 7.51. The van der Waals surface area contributed by atoms with E-state index in [0.29, 0.717) is 18.6 Å². The van der Waals surface area contributed by atoms with Crippen LogP contribution in [0.2, 0.25) is 0 Å². The summed E-state index contributed by atoms with van der Waals surface area (Å²) in [5.74, 6) is -0.548. The second kappa shape index (κ2) is 7.19. The van der Waals surface area contributed by atoms with Crippen LogP contribution in [0.15, 0.2) is 30.3 Å². The Morgan fingerprint density at radius 1 is 1.44 bits per heavy atom. The van der Waals surface area contributed by atoms with Crippen LogP contribution in [0.4, 0.5) is 0 Å². The predicted octanol–water partition coefficient (Wildman–Crippen LogP) is 2.51. The van der Waals surface area contributed by atoms with Gasteiger partial charge in [0.15, 0.2) is 0 Å². The van der Waals surface area contributed by atoms with E-state index in [2.05, 4.69) is 5.32 Å². The highest BCUT2D eigenvalue weighted by molar-refractivity contribution is 7.54. The molecule has 0 heterocycles. The molecule has 100 valence electrons. The molecule has 0 aliphatic rings. The van der Waals surface area contributed by atoms with Crippen molar-refractivity contribution in [2.45, 2.75) is 32.0 Å². The van der Waals surface area contributed by atoms with E-state index in [1.165, 1.54) is 0 Å². The number of amides is 1.